The molecular formula is C24H29N3O3. The molecule has 0 saturated carbocycles. The van der Waals surface area contributed by atoms with Crippen molar-refractivity contribution in [1.82, 2.24) is 10.3 Å². The molecular weight excluding hydrogens is 378 g/mol. The Morgan fingerprint density at radius 1 is 1.20 bits per heavy atom. The molecule has 1 amide bonds. The number of hydrogen-bond acceptors (Lipinski definition) is 4. The lowest BCUT2D eigenvalue weighted by Gasteiger charge is -2.42. The molecule has 0 bridgehead atoms. The van der Waals surface area contributed by atoms with Gasteiger partial charge in [-0.1, -0.05) is 48.5 Å². The predicted molar refractivity (Wildman–Crippen MR) is 117 cm³/mol. The Balaban J connectivity index is 1.52. The Morgan fingerprint density at radius 2 is 1.90 bits per heavy atom. The van der Waals surface area contributed by atoms with Crippen LogP contribution >= 0.6 is 0 Å². The maximum absolute atomic E-state index is 13.2. The van der Waals surface area contributed by atoms with Crippen molar-refractivity contribution in [3.05, 3.63) is 71.9 Å². The number of aromatic nitrogens is 1. The monoisotopic (exact) mass is 407 g/mol. The zero-order chi connectivity index (χ0) is 21.4. The number of fused-ring (bicyclic) bond motifs is 1. The quantitative estimate of drug-likeness (QED) is 0.604. The second-order valence-corrected chi connectivity index (χ2v) is 8.69. The first-order valence-corrected chi connectivity index (χ1v) is 10.3. The van der Waals surface area contributed by atoms with Gasteiger partial charge in [-0.3, -0.25) is 4.79 Å². The fourth-order valence-corrected chi connectivity index (χ4v) is 3.95. The molecule has 1 aliphatic heterocycles. The molecule has 1 aromatic heterocycles. The smallest absolute Gasteiger partial charge is 0.240 e. The van der Waals surface area contributed by atoms with Crippen LogP contribution in [0.1, 0.15) is 38.0 Å². The first-order valence-electron chi connectivity index (χ1n) is 10.3. The molecule has 6 heteroatoms. The lowest BCUT2D eigenvalue weighted by molar-refractivity contribution is -0.285. The molecule has 0 spiro atoms. The first-order chi connectivity index (χ1) is 14.3. The summed E-state index contributed by atoms with van der Waals surface area (Å²) >= 11 is 0. The van der Waals surface area contributed by atoms with Crippen molar-refractivity contribution < 1.29 is 14.3 Å². The molecule has 4 N–H and O–H groups in total. The highest BCUT2D eigenvalue weighted by Crippen LogP contribution is 2.33. The van der Waals surface area contributed by atoms with Gasteiger partial charge in [-0.25, -0.2) is 0 Å². The minimum absolute atomic E-state index is 0.231. The van der Waals surface area contributed by atoms with Gasteiger partial charge >= 0.3 is 0 Å². The number of ether oxygens (including phenoxy) is 2. The van der Waals surface area contributed by atoms with Crippen molar-refractivity contribution in [2.24, 2.45) is 5.73 Å². The van der Waals surface area contributed by atoms with E-state index in [9.17, 15) is 4.79 Å². The minimum atomic E-state index is -1.08. The second kappa shape index (κ2) is 7.87. The molecule has 0 radical (unpaired) electrons. The number of amides is 1. The third-order valence-electron chi connectivity index (χ3n) is 5.58. The number of nitrogens with two attached hydrogens (primary N) is 1. The Labute approximate surface area is 176 Å². The number of hydrogen-bond donors (Lipinski definition) is 3. The van der Waals surface area contributed by atoms with E-state index in [1.807, 2.05) is 74.6 Å². The van der Waals surface area contributed by atoms with Gasteiger partial charge < -0.3 is 25.5 Å². The van der Waals surface area contributed by atoms with Crippen LogP contribution in [0.3, 0.4) is 0 Å². The second-order valence-electron chi connectivity index (χ2n) is 8.69. The zero-order valence-corrected chi connectivity index (χ0v) is 17.6. The van der Waals surface area contributed by atoms with Gasteiger partial charge in [-0.15, -0.1) is 0 Å². The summed E-state index contributed by atoms with van der Waals surface area (Å²) < 4.78 is 12.0. The van der Waals surface area contributed by atoms with Crippen LogP contribution < -0.4 is 11.1 Å². The highest BCUT2D eigenvalue weighted by atomic mass is 16.7. The van der Waals surface area contributed by atoms with Crippen LogP contribution in [0.2, 0.25) is 0 Å². The molecule has 3 atom stereocenters. The summed E-state index contributed by atoms with van der Waals surface area (Å²) in [6.45, 7) is 5.87. The number of carbonyl (C=O) groups is 1. The fraction of sp³-hybridized carbons (Fsp3) is 0.375. The van der Waals surface area contributed by atoms with Crippen LogP contribution in [0.15, 0.2) is 60.8 Å². The number of H-pyrrole nitrogens is 1. The van der Waals surface area contributed by atoms with Crippen molar-refractivity contribution in [2.75, 3.05) is 6.61 Å². The lowest BCUT2D eigenvalue weighted by Crippen LogP contribution is -2.59. The Hall–Kier alpha value is -2.67. The fourth-order valence-electron chi connectivity index (χ4n) is 3.95. The maximum Gasteiger partial charge on any atom is 0.240 e. The topological polar surface area (TPSA) is 89.4 Å². The summed E-state index contributed by atoms with van der Waals surface area (Å²) in [4.78, 5) is 16.4. The van der Waals surface area contributed by atoms with Gasteiger partial charge in [0.15, 0.2) is 5.79 Å². The molecule has 30 heavy (non-hydrogen) atoms. The van der Waals surface area contributed by atoms with Crippen LogP contribution in [-0.2, 0) is 20.7 Å². The molecule has 2 heterocycles. The van der Waals surface area contributed by atoms with Crippen molar-refractivity contribution in [3.63, 3.8) is 0 Å². The van der Waals surface area contributed by atoms with Crippen LogP contribution in [0, 0.1) is 0 Å². The van der Waals surface area contributed by atoms with E-state index < -0.39 is 11.3 Å². The molecule has 3 unspecified atom stereocenters. The Morgan fingerprint density at radius 3 is 2.67 bits per heavy atom. The van der Waals surface area contributed by atoms with E-state index >= 15 is 0 Å². The van der Waals surface area contributed by atoms with Crippen LogP contribution in [0.25, 0.3) is 10.9 Å². The molecule has 2 aromatic carbocycles. The minimum Gasteiger partial charge on any atom is -0.361 e. The number of para-hydroxylation sites is 1. The van der Waals surface area contributed by atoms with E-state index in [1.165, 1.54) is 0 Å². The molecule has 0 aliphatic carbocycles. The molecule has 158 valence electrons. The summed E-state index contributed by atoms with van der Waals surface area (Å²) in [5.41, 5.74) is 8.45. The zero-order valence-electron chi connectivity index (χ0n) is 17.6. The van der Waals surface area contributed by atoms with Crippen molar-refractivity contribution >= 4 is 16.8 Å². The maximum atomic E-state index is 13.2. The largest absolute Gasteiger partial charge is 0.361 e. The van der Waals surface area contributed by atoms with Gasteiger partial charge in [0.05, 0.1) is 18.2 Å². The molecule has 3 aromatic rings. The van der Waals surface area contributed by atoms with E-state index in [0.717, 1.165) is 22.0 Å². The summed E-state index contributed by atoms with van der Waals surface area (Å²) in [5.74, 6) is -0.955. The highest BCUT2D eigenvalue weighted by molar-refractivity contribution is 5.88. The van der Waals surface area contributed by atoms with E-state index in [0.29, 0.717) is 13.0 Å². The third-order valence-corrected chi connectivity index (χ3v) is 5.58. The number of carbonyl (C=O) groups excluding carboxylic acids is 1. The Kier molecular flexibility index (Phi) is 5.40. The van der Waals surface area contributed by atoms with Gasteiger partial charge in [-0.05, 0) is 38.0 Å². The molecule has 4 rings (SSSR count). The summed E-state index contributed by atoms with van der Waals surface area (Å²) in [7, 11) is 0. The predicted octanol–water partition coefficient (Wildman–Crippen LogP) is 3.44. The number of aromatic amines is 1. The molecule has 1 fully saturated rings. The summed E-state index contributed by atoms with van der Waals surface area (Å²) in [6.07, 6.45) is 2.02. The molecule has 6 nitrogen and oxygen atoms in total. The van der Waals surface area contributed by atoms with Gasteiger partial charge in [0.1, 0.15) is 6.10 Å². The van der Waals surface area contributed by atoms with E-state index in [-0.39, 0.29) is 18.1 Å². The molecule has 1 aliphatic rings. The van der Waals surface area contributed by atoms with Gasteiger partial charge in [-0.2, -0.15) is 0 Å². The highest BCUT2D eigenvalue weighted by Gasteiger charge is 2.40. The summed E-state index contributed by atoms with van der Waals surface area (Å²) in [6, 6.07) is 17.5. The van der Waals surface area contributed by atoms with Crippen LogP contribution in [0.5, 0.6) is 0 Å². The van der Waals surface area contributed by atoms with Crippen LogP contribution in [0.4, 0.5) is 0 Å². The van der Waals surface area contributed by atoms with Crippen molar-refractivity contribution in [2.45, 2.75) is 50.7 Å². The number of benzene rings is 2. The average molecular weight is 408 g/mol. The van der Waals surface area contributed by atoms with Gasteiger partial charge in [0.25, 0.3) is 0 Å². The SMILES string of the molecule is CC1(C)OCC(NC(=O)C(C)(N)Cc2c[nH]c3ccccc23)C(c2ccccc2)O1. The van der Waals surface area contributed by atoms with Gasteiger partial charge in [0.2, 0.25) is 5.91 Å². The lowest BCUT2D eigenvalue weighted by atomic mass is 9.91. The molecule has 1 saturated heterocycles. The standard InChI is InChI=1S/C24H29N3O3/c1-23(2)29-15-20(21(30-23)16-9-5-4-6-10-16)27-22(28)24(3,25)13-17-14-26-19-12-8-7-11-18(17)19/h4-12,14,20-21,26H,13,15,25H2,1-3H3,(H,27,28). The number of nitrogens with one attached hydrogen (secondary N) is 2. The average Bonchev–Trinajstić information content (AvgIpc) is 3.12. The van der Waals surface area contributed by atoms with Gasteiger partial charge in [0, 0.05) is 23.5 Å². The van der Waals surface area contributed by atoms with Crippen LogP contribution in [-0.4, -0.2) is 34.9 Å². The van der Waals surface area contributed by atoms with Crippen molar-refractivity contribution in [3.8, 4) is 0 Å². The third kappa shape index (κ3) is 4.26. The van der Waals surface area contributed by atoms with Crippen molar-refractivity contribution in [1.29, 1.82) is 0 Å². The first kappa shape index (κ1) is 20.6. The van der Waals surface area contributed by atoms with E-state index in [1.54, 1.807) is 6.92 Å². The van der Waals surface area contributed by atoms with E-state index in [2.05, 4.69) is 10.3 Å². The normalized spacial score (nSPS) is 23.1. The Bertz CT molecular complexity index is 1030. The van der Waals surface area contributed by atoms with E-state index in [4.69, 9.17) is 15.2 Å². The number of rotatable bonds is 5. The summed E-state index contributed by atoms with van der Waals surface area (Å²) in [5, 5.41) is 4.16.